The fourth-order valence-electron chi connectivity index (χ4n) is 3.16. The van der Waals surface area contributed by atoms with Crippen LogP contribution in [-0.2, 0) is 4.79 Å². The van der Waals surface area contributed by atoms with Gasteiger partial charge in [-0.15, -0.1) is 0 Å². The monoisotopic (exact) mass is 369 g/mol. The maximum atomic E-state index is 11.8. The van der Waals surface area contributed by atoms with E-state index in [-0.39, 0.29) is 11.7 Å². The summed E-state index contributed by atoms with van der Waals surface area (Å²) in [5.41, 5.74) is 1.35. The normalized spacial score (nSPS) is 23.7. The van der Waals surface area contributed by atoms with Crippen LogP contribution in [0.3, 0.4) is 0 Å². The van der Waals surface area contributed by atoms with Crippen LogP contribution < -0.4 is 26.6 Å². The Labute approximate surface area is 154 Å². The molecule has 1 atom stereocenters. The number of urea groups is 1. The fourth-order valence-corrected chi connectivity index (χ4v) is 3.16. The van der Waals surface area contributed by atoms with E-state index in [4.69, 9.17) is 0 Å². The minimum atomic E-state index is -0.537. The van der Waals surface area contributed by atoms with E-state index in [9.17, 15) is 9.59 Å². The minimum absolute atomic E-state index is 0.166. The summed E-state index contributed by atoms with van der Waals surface area (Å²) in [6.45, 7) is 1.83. The number of aromatic nitrogens is 4. The van der Waals surface area contributed by atoms with Gasteiger partial charge in [-0.05, 0) is 31.9 Å². The molecule has 0 radical (unpaired) electrons. The molecule has 0 spiro atoms. The molecule has 5 N–H and O–H groups in total. The first kappa shape index (κ1) is 16.0. The minimum Gasteiger partial charge on any atom is -0.351 e. The predicted octanol–water partition coefficient (Wildman–Crippen LogP) is -0.347. The number of amides is 3. The molecular formula is C16H19N9O2. The Kier molecular flexibility index (Phi) is 3.67. The summed E-state index contributed by atoms with van der Waals surface area (Å²) in [5.74, 6) is 0.653. The van der Waals surface area contributed by atoms with Crippen molar-refractivity contribution < 1.29 is 9.59 Å². The summed E-state index contributed by atoms with van der Waals surface area (Å²) in [4.78, 5) is 32.3. The van der Waals surface area contributed by atoms with Crippen molar-refractivity contribution in [2.45, 2.75) is 31.3 Å². The second-order valence-electron chi connectivity index (χ2n) is 6.93. The van der Waals surface area contributed by atoms with E-state index in [0.717, 1.165) is 32.4 Å². The number of nitrogens with zero attached hydrogens (tertiary/aromatic N) is 4. The van der Waals surface area contributed by atoms with Gasteiger partial charge >= 0.3 is 6.03 Å². The lowest BCUT2D eigenvalue weighted by molar-refractivity contribution is -0.115. The van der Waals surface area contributed by atoms with E-state index in [1.807, 2.05) is 0 Å². The molecule has 4 heterocycles. The first-order chi connectivity index (χ1) is 13.2. The van der Waals surface area contributed by atoms with Crippen LogP contribution in [0.4, 0.5) is 16.7 Å². The van der Waals surface area contributed by atoms with Gasteiger partial charge in [0.25, 0.3) is 5.91 Å². The van der Waals surface area contributed by atoms with Crippen LogP contribution >= 0.6 is 0 Å². The molecule has 5 rings (SSSR count). The molecule has 0 bridgehead atoms. The van der Waals surface area contributed by atoms with Crippen molar-refractivity contribution in [2.75, 3.05) is 23.7 Å². The van der Waals surface area contributed by atoms with Gasteiger partial charge in [-0.1, -0.05) is 0 Å². The van der Waals surface area contributed by atoms with Crippen LogP contribution in [0.5, 0.6) is 0 Å². The Morgan fingerprint density at radius 3 is 2.70 bits per heavy atom. The molecule has 27 heavy (non-hydrogen) atoms. The Hall–Kier alpha value is -3.21. The molecular weight excluding hydrogens is 350 g/mol. The van der Waals surface area contributed by atoms with Crippen LogP contribution in [0, 0.1) is 0 Å². The molecule has 2 aliphatic heterocycles. The van der Waals surface area contributed by atoms with E-state index in [1.165, 1.54) is 0 Å². The summed E-state index contributed by atoms with van der Waals surface area (Å²) in [7, 11) is 0. The number of nitrogens with one attached hydrogen (secondary N) is 5. The van der Waals surface area contributed by atoms with Gasteiger partial charge in [0.05, 0.1) is 6.20 Å². The van der Waals surface area contributed by atoms with Gasteiger partial charge in [0.15, 0.2) is 5.65 Å². The number of imide groups is 1. The van der Waals surface area contributed by atoms with Crippen molar-refractivity contribution in [3.8, 4) is 0 Å². The molecule has 3 aliphatic rings. The Morgan fingerprint density at radius 2 is 2.00 bits per heavy atom. The van der Waals surface area contributed by atoms with Gasteiger partial charge in [0.2, 0.25) is 11.9 Å². The van der Waals surface area contributed by atoms with Crippen molar-refractivity contribution in [2.24, 2.45) is 0 Å². The third-order valence-electron chi connectivity index (χ3n) is 4.72. The summed E-state index contributed by atoms with van der Waals surface area (Å²) >= 11 is 0. The second kappa shape index (κ2) is 6.20. The third-order valence-corrected chi connectivity index (χ3v) is 4.72. The number of hydrogen-bond acceptors (Lipinski definition) is 8. The van der Waals surface area contributed by atoms with Crippen molar-refractivity contribution in [1.29, 1.82) is 0 Å². The molecule has 1 saturated carbocycles. The highest BCUT2D eigenvalue weighted by atomic mass is 16.2. The zero-order valence-corrected chi connectivity index (χ0v) is 14.5. The number of carbonyl (C=O) groups is 2. The molecule has 140 valence electrons. The smallest absolute Gasteiger partial charge is 0.326 e. The van der Waals surface area contributed by atoms with Crippen molar-refractivity contribution in [3.05, 3.63) is 17.5 Å². The lowest BCUT2D eigenvalue weighted by atomic mass is 10.2. The largest absolute Gasteiger partial charge is 0.351 e. The maximum Gasteiger partial charge on any atom is 0.326 e. The molecule has 2 aromatic heterocycles. The number of hydrogen-bond donors (Lipinski definition) is 5. The van der Waals surface area contributed by atoms with Crippen LogP contribution in [0.2, 0.25) is 0 Å². The average molecular weight is 369 g/mol. The molecule has 1 aliphatic carbocycles. The molecule has 0 aromatic carbocycles. The van der Waals surface area contributed by atoms with E-state index in [2.05, 4.69) is 41.7 Å². The molecule has 3 amide bonds. The molecule has 2 saturated heterocycles. The van der Waals surface area contributed by atoms with Gasteiger partial charge in [-0.2, -0.15) is 19.6 Å². The fraction of sp³-hybridized carbons (Fsp3) is 0.438. The first-order valence-electron chi connectivity index (χ1n) is 8.99. The Morgan fingerprint density at radius 1 is 1.11 bits per heavy atom. The Bertz CT molecular complexity index is 956. The predicted molar refractivity (Wildman–Crippen MR) is 97.0 cm³/mol. The summed E-state index contributed by atoms with van der Waals surface area (Å²) < 4.78 is 1.62. The van der Waals surface area contributed by atoms with Crippen LogP contribution in [-0.4, -0.2) is 56.7 Å². The molecule has 1 unspecified atom stereocenters. The Balaban J connectivity index is 1.54. The second-order valence-corrected chi connectivity index (χ2v) is 6.93. The highest BCUT2D eigenvalue weighted by Gasteiger charge is 2.26. The molecule has 3 fully saturated rings. The SMILES string of the molecule is O=C1NC(=O)/C(=C/c2cnn3c(NC4CC4)nc(NC4CCNC4)nc23)N1. The quantitative estimate of drug-likeness (QED) is 0.356. The molecule has 11 nitrogen and oxygen atoms in total. The number of rotatable bonds is 5. The van der Waals surface area contributed by atoms with E-state index in [0.29, 0.717) is 29.1 Å². The van der Waals surface area contributed by atoms with Gasteiger partial charge in [-0.25, -0.2) is 4.79 Å². The lowest BCUT2D eigenvalue weighted by Crippen LogP contribution is -2.24. The lowest BCUT2D eigenvalue weighted by Gasteiger charge is -2.13. The van der Waals surface area contributed by atoms with Gasteiger partial charge in [-0.3, -0.25) is 10.1 Å². The molecule has 11 heteroatoms. The van der Waals surface area contributed by atoms with E-state index >= 15 is 0 Å². The number of anilines is 2. The molecule has 2 aromatic rings. The number of carbonyl (C=O) groups excluding carboxylic acids is 2. The first-order valence-corrected chi connectivity index (χ1v) is 8.99. The average Bonchev–Trinajstić information content (AvgIpc) is 3.01. The van der Waals surface area contributed by atoms with Crippen molar-refractivity contribution in [3.63, 3.8) is 0 Å². The van der Waals surface area contributed by atoms with Crippen LogP contribution in [0.15, 0.2) is 11.9 Å². The van der Waals surface area contributed by atoms with E-state index < -0.39 is 11.9 Å². The van der Waals surface area contributed by atoms with Gasteiger partial charge in [0.1, 0.15) is 5.70 Å². The highest BCUT2D eigenvalue weighted by Crippen LogP contribution is 2.26. The van der Waals surface area contributed by atoms with Gasteiger partial charge < -0.3 is 21.3 Å². The third kappa shape index (κ3) is 3.16. The van der Waals surface area contributed by atoms with Crippen LogP contribution in [0.1, 0.15) is 24.8 Å². The van der Waals surface area contributed by atoms with Gasteiger partial charge in [0, 0.05) is 24.2 Å². The highest BCUT2D eigenvalue weighted by molar-refractivity contribution is 6.14. The zero-order chi connectivity index (χ0) is 18.4. The van der Waals surface area contributed by atoms with E-state index in [1.54, 1.807) is 16.8 Å². The topological polar surface area (TPSA) is 137 Å². The van der Waals surface area contributed by atoms with Crippen molar-refractivity contribution in [1.82, 2.24) is 35.5 Å². The van der Waals surface area contributed by atoms with Crippen molar-refractivity contribution >= 4 is 35.6 Å². The summed E-state index contributed by atoms with van der Waals surface area (Å²) in [5, 5.41) is 19.1. The van der Waals surface area contributed by atoms with Crippen LogP contribution in [0.25, 0.3) is 11.7 Å². The summed E-state index contributed by atoms with van der Waals surface area (Å²) in [6, 6.07) is 0.130. The zero-order valence-electron chi connectivity index (χ0n) is 14.5. The number of fused-ring (bicyclic) bond motifs is 1. The maximum absolute atomic E-state index is 11.8. The standard InChI is InChI=1S/C16H19N9O2/c26-13-11(21-16(27)23-13)5-8-6-18-25-12(8)22-14(19-10-3-4-17-7-10)24-15(25)20-9-1-2-9/h5-6,9-10,17H,1-4,7H2,(H2,19,20,22,24)(H2,21,23,26,27)/b11-5-. The summed E-state index contributed by atoms with van der Waals surface area (Å²) in [6.07, 6.45) is 6.38.